The normalized spacial score (nSPS) is 11.8. The molecule has 5 aromatic heterocycles. The molecule has 0 bridgehead atoms. The van der Waals surface area contributed by atoms with Crippen LogP contribution in [0.5, 0.6) is 0 Å². The average Bonchev–Trinajstić information content (AvgIpc) is 3.25. The largest absolute Gasteiger partial charge is 0.255 e. The zero-order valence-electron chi connectivity index (χ0n) is 10.8. The highest BCUT2D eigenvalue weighted by Gasteiger charge is 2.15. The predicted octanol–water partition coefficient (Wildman–Crippen LogP) is 1.69. The van der Waals surface area contributed by atoms with Crippen molar-refractivity contribution in [3.8, 4) is 11.4 Å². The Morgan fingerprint density at radius 1 is 0.714 bits per heavy atom. The third-order valence-electron chi connectivity index (χ3n) is 3.54. The molecule has 0 fully saturated rings. The van der Waals surface area contributed by atoms with Crippen LogP contribution in [0.4, 0.5) is 0 Å². The third kappa shape index (κ3) is 1.27. The lowest BCUT2D eigenvalue weighted by atomic mass is 10.3. The van der Waals surface area contributed by atoms with Gasteiger partial charge in [0.15, 0.2) is 0 Å². The summed E-state index contributed by atoms with van der Waals surface area (Å²) in [6.45, 7) is 0. The molecule has 0 spiro atoms. The maximum Gasteiger partial charge on any atom is 0.224 e. The Morgan fingerprint density at radius 3 is 2.24 bits per heavy atom. The van der Waals surface area contributed by atoms with Crippen LogP contribution >= 0.6 is 0 Å². The third-order valence-corrected chi connectivity index (χ3v) is 3.54. The monoisotopic (exact) mass is 275 g/mol. The molecule has 0 aliphatic rings. The van der Waals surface area contributed by atoms with Crippen molar-refractivity contribution in [2.45, 2.75) is 0 Å². The molecule has 0 unspecified atom stereocenters. The highest BCUT2D eigenvalue weighted by atomic mass is 15.3. The molecule has 0 aliphatic carbocycles. The fourth-order valence-electron chi connectivity index (χ4n) is 2.65. The summed E-state index contributed by atoms with van der Waals surface area (Å²) in [5.41, 5.74) is 1.76. The van der Waals surface area contributed by atoms with Crippen LogP contribution in [-0.2, 0) is 0 Å². The Hall–Kier alpha value is -3.22. The summed E-state index contributed by atoms with van der Waals surface area (Å²) in [5.74, 6) is 2.32. The first-order chi connectivity index (χ1) is 10.4. The number of aromatic nitrogens is 7. The molecule has 5 aromatic rings. The molecule has 0 atom stereocenters. The van der Waals surface area contributed by atoms with E-state index >= 15 is 0 Å². The van der Waals surface area contributed by atoms with E-state index in [0.29, 0.717) is 0 Å². The first kappa shape index (κ1) is 10.6. The van der Waals surface area contributed by atoms with E-state index in [0.717, 1.165) is 28.7 Å². The van der Waals surface area contributed by atoms with Gasteiger partial charge in [-0.25, -0.2) is 19.4 Å². The van der Waals surface area contributed by atoms with Gasteiger partial charge in [-0.3, -0.25) is 13.8 Å². The van der Waals surface area contributed by atoms with Crippen LogP contribution in [-0.4, -0.2) is 33.1 Å². The Balaban J connectivity index is 2.05. The van der Waals surface area contributed by atoms with Crippen molar-refractivity contribution in [1.29, 1.82) is 0 Å². The Kier molecular flexibility index (Phi) is 1.84. The summed E-state index contributed by atoms with van der Waals surface area (Å²) in [5, 5.41) is 0. The van der Waals surface area contributed by atoms with Gasteiger partial charge < -0.3 is 0 Å². The topological polar surface area (TPSA) is 64.8 Å². The number of nitrogens with zero attached hydrogens (tertiary/aromatic N) is 7. The molecule has 21 heavy (non-hydrogen) atoms. The quantitative estimate of drug-likeness (QED) is 0.467. The minimum atomic E-state index is 0.766. The fraction of sp³-hybridized carbons (Fsp3) is 0. The summed E-state index contributed by atoms with van der Waals surface area (Å²) < 4.78 is 5.85. The number of pyridine rings is 1. The molecule has 5 rings (SSSR count). The molecule has 7 heteroatoms. The van der Waals surface area contributed by atoms with Crippen molar-refractivity contribution >= 4 is 17.3 Å². The van der Waals surface area contributed by atoms with Gasteiger partial charge in [0.2, 0.25) is 17.3 Å². The van der Waals surface area contributed by atoms with Crippen molar-refractivity contribution in [2.24, 2.45) is 0 Å². The van der Waals surface area contributed by atoms with Crippen molar-refractivity contribution in [3.63, 3.8) is 0 Å². The minimum Gasteiger partial charge on any atom is -0.255 e. The van der Waals surface area contributed by atoms with E-state index in [2.05, 4.69) is 19.9 Å². The Labute approximate surface area is 118 Å². The summed E-state index contributed by atoms with van der Waals surface area (Å²) in [6, 6.07) is 5.81. The van der Waals surface area contributed by atoms with Crippen LogP contribution in [0.15, 0.2) is 55.4 Å². The van der Waals surface area contributed by atoms with Crippen LogP contribution in [0.2, 0.25) is 0 Å². The Morgan fingerprint density at radius 2 is 1.48 bits per heavy atom. The average molecular weight is 275 g/mol. The van der Waals surface area contributed by atoms with Gasteiger partial charge >= 0.3 is 0 Å². The second-order valence-electron chi connectivity index (χ2n) is 4.69. The van der Waals surface area contributed by atoms with Gasteiger partial charge in [-0.2, -0.15) is 0 Å². The second-order valence-corrected chi connectivity index (χ2v) is 4.69. The zero-order chi connectivity index (χ0) is 13.8. The van der Waals surface area contributed by atoms with Crippen molar-refractivity contribution in [1.82, 2.24) is 33.1 Å². The zero-order valence-corrected chi connectivity index (χ0v) is 10.8. The van der Waals surface area contributed by atoms with Gasteiger partial charge in [-0.1, -0.05) is 6.07 Å². The Bertz CT molecular complexity index is 1050. The van der Waals surface area contributed by atoms with Crippen molar-refractivity contribution in [2.75, 3.05) is 0 Å². The van der Waals surface area contributed by atoms with E-state index in [9.17, 15) is 0 Å². The van der Waals surface area contributed by atoms with Crippen LogP contribution in [0.25, 0.3) is 28.7 Å². The predicted molar refractivity (Wildman–Crippen MR) is 75.9 cm³/mol. The van der Waals surface area contributed by atoms with Crippen LogP contribution in [0.3, 0.4) is 0 Å². The number of rotatable bonds is 1. The molecule has 0 aromatic carbocycles. The minimum absolute atomic E-state index is 0.766. The molecule has 0 aliphatic heterocycles. The van der Waals surface area contributed by atoms with Gasteiger partial charge in [-0.05, 0) is 12.1 Å². The molecule has 7 nitrogen and oxygen atoms in total. The van der Waals surface area contributed by atoms with Crippen LogP contribution in [0.1, 0.15) is 0 Å². The number of fused-ring (bicyclic) bond motifs is 6. The van der Waals surface area contributed by atoms with Crippen LogP contribution in [0, 0.1) is 0 Å². The molecule has 100 valence electrons. The molecule has 0 saturated carbocycles. The summed E-state index contributed by atoms with van der Waals surface area (Å²) in [7, 11) is 0. The fourth-order valence-corrected chi connectivity index (χ4v) is 2.65. The van der Waals surface area contributed by atoms with Crippen molar-refractivity contribution in [3.05, 3.63) is 55.4 Å². The highest BCUT2D eigenvalue weighted by molar-refractivity contribution is 5.65. The van der Waals surface area contributed by atoms with Crippen LogP contribution < -0.4 is 0 Å². The number of hydrogen-bond acceptors (Lipinski definition) is 4. The smallest absolute Gasteiger partial charge is 0.224 e. The van der Waals surface area contributed by atoms with E-state index in [-0.39, 0.29) is 0 Å². The molecule has 0 amide bonds. The second kappa shape index (κ2) is 3.66. The summed E-state index contributed by atoms with van der Waals surface area (Å²) >= 11 is 0. The standard InChI is InChI=1S/C14H9N7/c1-2-4-15-10(3-1)11-9-18-14-20-7-5-16-12(20)19-8-6-17-13(19)21(11)14/h1-9H. The maximum absolute atomic E-state index is 4.52. The first-order valence-electron chi connectivity index (χ1n) is 6.50. The SMILES string of the molecule is c1ccc(-c2cnc3n4ccnc4n4ccnc4n23)nc1. The molecule has 0 radical (unpaired) electrons. The van der Waals surface area contributed by atoms with E-state index in [1.54, 1.807) is 18.6 Å². The molecular weight excluding hydrogens is 266 g/mol. The van der Waals surface area contributed by atoms with E-state index in [1.807, 2.05) is 50.0 Å². The van der Waals surface area contributed by atoms with E-state index in [4.69, 9.17) is 0 Å². The van der Waals surface area contributed by atoms with E-state index in [1.165, 1.54) is 0 Å². The maximum atomic E-state index is 4.52. The van der Waals surface area contributed by atoms with Crippen molar-refractivity contribution < 1.29 is 0 Å². The number of hydrogen-bond donors (Lipinski definition) is 0. The highest BCUT2D eigenvalue weighted by Crippen LogP contribution is 2.21. The summed E-state index contributed by atoms with van der Waals surface area (Å²) in [4.78, 5) is 17.7. The van der Waals surface area contributed by atoms with Gasteiger partial charge in [-0.15, -0.1) is 0 Å². The molecule has 0 saturated heterocycles. The lowest BCUT2D eigenvalue weighted by Gasteiger charge is -2.05. The molecular formula is C14H9N7. The van der Waals surface area contributed by atoms with Gasteiger partial charge in [0.1, 0.15) is 0 Å². The first-order valence-corrected chi connectivity index (χ1v) is 6.50. The summed E-state index contributed by atoms with van der Waals surface area (Å²) in [6.07, 6.45) is 10.9. The molecule has 5 heterocycles. The van der Waals surface area contributed by atoms with E-state index < -0.39 is 0 Å². The molecule has 0 N–H and O–H groups in total. The van der Waals surface area contributed by atoms with Gasteiger partial charge in [0, 0.05) is 31.0 Å². The van der Waals surface area contributed by atoms with Gasteiger partial charge in [0.05, 0.1) is 17.6 Å². The lowest BCUT2D eigenvalue weighted by molar-refractivity contribution is 0.978. The number of imidazole rings is 3. The lowest BCUT2D eigenvalue weighted by Crippen LogP contribution is -2.04. The van der Waals surface area contributed by atoms with Gasteiger partial charge in [0.25, 0.3) is 0 Å².